The summed E-state index contributed by atoms with van der Waals surface area (Å²) in [6.07, 6.45) is 7.66. The zero-order chi connectivity index (χ0) is 20.0. The van der Waals surface area contributed by atoms with Gasteiger partial charge >= 0.3 is 0 Å². The third-order valence-electron chi connectivity index (χ3n) is 5.04. The minimum Gasteiger partial charge on any atom is -0.392 e. The van der Waals surface area contributed by atoms with Crippen molar-refractivity contribution in [2.75, 3.05) is 0 Å². The van der Waals surface area contributed by atoms with Crippen LogP contribution in [0.4, 0.5) is 0 Å². The van der Waals surface area contributed by atoms with E-state index in [0.29, 0.717) is 5.92 Å². The van der Waals surface area contributed by atoms with Crippen LogP contribution in [0.25, 0.3) is 17.2 Å². The molecule has 0 aliphatic carbocycles. The van der Waals surface area contributed by atoms with Crippen molar-refractivity contribution in [3.05, 3.63) is 58.4 Å². The van der Waals surface area contributed by atoms with Crippen molar-refractivity contribution in [2.24, 2.45) is 0 Å². The van der Waals surface area contributed by atoms with Gasteiger partial charge in [0.25, 0.3) is 0 Å². The van der Waals surface area contributed by atoms with E-state index in [9.17, 15) is 5.11 Å². The molecule has 2 aromatic rings. The monoisotopic (exact) mass is 365 g/mol. The Kier molecular flexibility index (Phi) is 7.79. The zero-order valence-electron chi connectivity index (χ0n) is 17.8. The lowest BCUT2D eigenvalue weighted by Gasteiger charge is -2.23. The minimum atomic E-state index is 0.0123. The Labute approximate surface area is 165 Å². The smallest absolute Gasteiger partial charge is 0.0706 e. The maximum absolute atomic E-state index is 10.3. The molecule has 0 unspecified atom stereocenters. The van der Waals surface area contributed by atoms with Crippen LogP contribution in [0.3, 0.4) is 0 Å². The second-order valence-electron chi connectivity index (χ2n) is 7.86. The van der Waals surface area contributed by atoms with Gasteiger partial charge in [-0.15, -0.1) is 0 Å². The fourth-order valence-electron chi connectivity index (χ4n) is 3.53. The standard InChI is InChI=1S/C25H35NO/c1-7-9-10-11-21-23(20-14-12-19(8-2)13-15-20)22(16-27)25(18(5)6)26-24(21)17(3)4/h10-15,17-18,27H,7-9,16H2,1-6H3. The molecule has 0 amide bonds. The minimum absolute atomic E-state index is 0.0123. The highest BCUT2D eigenvalue weighted by molar-refractivity contribution is 5.80. The van der Waals surface area contributed by atoms with E-state index in [1.165, 1.54) is 11.1 Å². The van der Waals surface area contributed by atoms with Crippen LogP contribution in [-0.2, 0) is 13.0 Å². The molecule has 27 heavy (non-hydrogen) atoms. The van der Waals surface area contributed by atoms with Gasteiger partial charge in [-0.3, -0.25) is 4.98 Å². The summed E-state index contributed by atoms with van der Waals surface area (Å²) in [7, 11) is 0. The zero-order valence-corrected chi connectivity index (χ0v) is 17.8. The Morgan fingerprint density at radius 3 is 2.07 bits per heavy atom. The summed E-state index contributed by atoms with van der Waals surface area (Å²) in [5.74, 6) is 0.595. The first-order valence-corrected chi connectivity index (χ1v) is 10.4. The molecule has 0 bridgehead atoms. The topological polar surface area (TPSA) is 33.1 Å². The van der Waals surface area contributed by atoms with Gasteiger partial charge in [0.2, 0.25) is 0 Å². The maximum Gasteiger partial charge on any atom is 0.0706 e. The molecule has 0 spiro atoms. The van der Waals surface area contributed by atoms with Crippen LogP contribution in [0.1, 0.15) is 94.3 Å². The van der Waals surface area contributed by atoms with Crippen LogP contribution in [0.15, 0.2) is 30.3 Å². The molecule has 1 N–H and O–H groups in total. The van der Waals surface area contributed by atoms with Crippen molar-refractivity contribution < 1.29 is 5.11 Å². The molecule has 0 aliphatic heterocycles. The number of aliphatic hydroxyl groups excluding tert-OH is 1. The highest BCUT2D eigenvalue weighted by Crippen LogP contribution is 2.37. The fraction of sp³-hybridized carbons (Fsp3) is 0.480. The van der Waals surface area contributed by atoms with Gasteiger partial charge in [-0.05, 0) is 41.4 Å². The van der Waals surface area contributed by atoms with Crippen LogP contribution in [0.2, 0.25) is 0 Å². The molecule has 0 saturated carbocycles. The summed E-state index contributed by atoms with van der Waals surface area (Å²) in [5, 5.41) is 10.3. The Hall–Kier alpha value is -1.93. The molecule has 2 rings (SSSR count). The maximum atomic E-state index is 10.3. The number of aryl methyl sites for hydroxylation is 1. The van der Waals surface area contributed by atoms with Gasteiger partial charge in [-0.2, -0.15) is 0 Å². The molecule has 146 valence electrons. The van der Waals surface area contributed by atoms with Crippen molar-refractivity contribution in [3.63, 3.8) is 0 Å². The van der Waals surface area contributed by atoms with E-state index in [2.05, 4.69) is 78.0 Å². The van der Waals surface area contributed by atoms with Gasteiger partial charge in [0.05, 0.1) is 12.3 Å². The third kappa shape index (κ3) is 4.87. The normalized spacial score (nSPS) is 11.9. The molecular formula is C25H35NO. The first-order valence-electron chi connectivity index (χ1n) is 10.4. The van der Waals surface area contributed by atoms with Crippen molar-refractivity contribution in [1.82, 2.24) is 4.98 Å². The van der Waals surface area contributed by atoms with Crippen LogP contribution in [-0.4, -0.2) is 10.1 Å². The van der Waals surface area contributed by atoms with Crippen LogP contribution in [0.5, 0.6) is 0 Å². The SMILES string of the molecule is CCCC=Cc1c(C(C)C)nc(C(C)C)c(CO)c1-c1ccc(CC)cc1. The molecule has 1 aromatic heterocycles. The van der Waals surface area contributed by atoms with Crippen LogP contribution >= 0.6 is 0 Å². The second-order valence-corrected chi connectivity index (χ2v) is 7.86. The predicted molar refractivity (Wildman–Crippen MR) is 117 cm³/mol. The molecule has 0 fully saturated rings. The first kappa shape index (κ1) is 21.4. The van der Waals surface area contributed by atoms with Gasteiger partial charge in [0.15, 0.2) is 0 Å². The van der Waals surface area contributed by atoms with Gasteiger partial charge in [0.1, 0.15) is 0 Å². The van der Waals surface area contributed by atoms with Gasteiger partial charge in [0, 0.05) is 16.8 Å². The number of unbranched alkanes of at least 4 members (excludes halogenated alkanes) is 1. The number of allylic oxidation sites excluding steroid dienone is 1. The Morgan fingerprint density at radius 2 is 1.59 bits per heavy atom. The quantitative estimate of drug-likeness (QED) is 0.554. The molecule has 0 atom stereocenters. The number of aliphatic hydroxyl groups is 1. The number of nitrogens with zero attached hydrogens (tertiary/aromatic N) is 1. The molecular weight excluding hydrogens is 330 g/mol. The molecule has 2 heteroatoms. The molecule has 1 heterocycles. The number of rotatable bonds is 8. The summed E-state index contributed by atoms with van der Waals surface area (Å²) in [5.41, 5.74) is 7.91. The predicted octanol–water partition coefficient (Wildman–Crippen LogP) is 6.86. The highest BCUT2D eigenvalue weighted by atomic mass is 16.3. The molecule has 0 saturated heterocycles. The molecule has 0 aliphatic rings. The van der Waals surface area contributed by atoms with E-state index in [0.717, 1.165) is 47.3 Å². The summed E-state index contributed by atoms with van der Waals surface area (Å²) in [6, 6.07) is 8.78. The van der Waals surface area contributed by atoms with E-state index in [4.69, 9.17) is 4.98 Å². The average molecular weight is 366 g/mol. The number of hydrogen-bond donors (Lipinski definition) is 1. The summed E-state index contributed by atoms with van der Waals surface area (Å²) in [4.78, 5) is 5.03. The third-order valence-corrected chi connectivity index (χ3v) is 5.04. The Balaban J connectivity index is 2.84. The van der Waals surface area contributed by atoms with Crippen molar-refractivity contribution in [3.8, 4) is 11.1 Å². The highest BCUT2D eigenvalue weighted by Gasteiger charge is 2.22. The van der Waals surface area contributed by atoms with E-state index >= 15 is 0 Å². The Morgan fingerprint density at radius 1 is 0.963 bits per heavy atom. The molecule has 0 radical (unpaired) electrons. The molecule has 2 nitrogen and oxygen atoms in total. The fourth-order valence-corrected chi connectivity index (χ4v) is 3.53. The van der Waals surface area contributed by atoms with E-state index in [-0.39, 0.29) is 12.5 Å². The van der Waals surface area contributed by atoms with Gasteiger partial charge in [-0.1, -0.05) is 84.4 Å². The largest absolute Gasteiger partial charge is 0.392 e. The van der Waals surface area contributed by atoms with Crippen molar-refractivity contribution in [2.45, 2.75) is 79.2 Å². The second kappa shape index (κ2) is 9.85. The van der Waals surface area contributed by atoms with Crippen molar-refractivity contribution in [1.29, 1.82) is 0 Å². The number of aromatic nitrogens is 1. The van der Waals surface area contributed by atoms with Gasteiger partial charge in [-0.25, -0.2) is 0 Å². The van der Waals surface area contributed by atoms with E-state index in [1.54, 1.807) is 0 Å². The van der Waals surface area contributed by atoms with Gasteiger partial charge < -0.3 is 5.11 Å². The number of benzene rings is 1. The number of hydrogen-bond acceptors (Lipinski definition) is 2. The van der Waals surface area contributed by atoms with Crippen LogP contribution < -0.4 is 0 Å². The lowest BCUT2D eigenvalue weighted by atomic mass is 9.86. The lowest BCUT2D eigenvalue weighted by Crippen LogP contribution is -2.10. The summed E-state index contributed by atoms with van der Waals surface area (Å²) < 4.78 is 0. The molecule has 1 aromatic carbocycles. The van der Waals surface area contributed by atoms with E-state index < -0.39 is 0 Å². The van der Waals surface area contributed by atoms with Crippen molar-refractivity contribution >= 4 is 6.08 Å². The summed E-state index contributed by atoms with van der Waals surface area (Å²) >= 11 is 0. The lowest BCUT2D eigenvalue weighted by molar-refractivity contribution is 0.280. The summed E-state index contributed by atoms with van der Waals surface area (Å²) in [6.45, 7) is 13.1. The van der Waals surface area contributed by atoms with E-state index in [1.807, 2.05) is 0 Å². The Bertz CT molecular complexity index is 770. The number of pyridine rings is 1. The van der Waals surface area contributed by atoms with Crippen LogP contribution in [0, 0.1) is 0 Å². The average Bonchev–Trinajstić information content (AvgIpc) is 2.67. The first-order chi connectivity index (χ1) is 12.9.